The van der Waals surface area contributed by atoms with Gasteiger partial charge < -0.3 is 4.74 Å². The zero-order valence-electron chi connectivity index (χ0n) is 7.96. The van der Waals surface area contributed by atoms with Gasteiger partial charge in [-0.05, 0) is 12.8 Å². The van der Waals surface area contributed by atoms with E-state index in [1.54, 1.807) is 0 Å². The van der Waals surface area contributed by atoms with Gasteiger partial charge in [-0.3, -0.25) is 10.2 Å². The van der Waals surface area contributed by atoms with Gasteiger partial charge in [0.05, 0.1) is 19.1 Å². The maximum absolute atomic E-state index is 10.6. The Kier molecular flexibility index (Phi) is 5.66. The average Bonchev–Trinajstić information content (AvgIpc) is 2.03. The van der Waals surface area contributed by atoms with Gasteiger partial charge in [0, 0.05) is 0 Å². The molecule has 0 fully saturated rings. The Morgan fingerprint density at radius 1 is 1.50 bits per heavy atom. The van der Waals surface area contributed by atoms with E-state index in [-0.39, 0.29) is 12.0 Å². The highest BCUT2D eigenvalue weighted by Gasteiger charge is 2.07. The summed E-state index contributed by atoms with van der Waals surface area (Å²) in [5, 5.41) is 0. The van der Waals surface area contributed by atoms with E-state index in [9.17, 15) is 4.79 Å². The number of ether oxygens (including phenoxy) is 1. The van der Waals surface area contributed by atoms with Gasteiger partial charge in [-0.15, -0.1) is 0 Å². The number of hydrazine groups is 1. The zero-order valence-corrected chi connectivity index (χ0v) is 7.96. The van der Waals surface area contributed by atoms with Crippen LogP contribution < -0.4 is 11.3 Å². The van der Waals surface area contributed by atoms with Crippen molar-refractivity contribution in [3.05, 3.63) is 0 Å². The lowest BCUT2D eigenvalue weighted by Crippen LogP contribution is -2.31. The number of amides is 1. The maximum Gasteiger partial charge on any atom is 0.236 e. The van der Waals surface area contributed by atoms with E-state index in [1.165, 1.54) is 0 Å². The van der Waals surface area contributed by atoms with Crippen LogP contribution in [0.25, 0.3) is 0 Å². The van der Waals surface area contributed by atoms with Crippen LogP contribution in [0, 0.1) is 5.92 Å². The molecule has 1 unspecified atom stereocenters. The quantitative estimate of drug-likeness (QED) is 0.361. The van der Waals surface area contributed by atoms with Crippen molar-refractivity contribution in [1.82, 2.24) is 5.43 Å². The third-order valence-corrected chi connectivity index (χ3v) is 1.81. The van der Waals surface area contributed by atoms with Crippen molar-refractivity contribution in [3.8, 4) is 0 Å². The molecule has 3 N–H and O–H groups in total. The summed E-state index contributed by atoms with van der Waals surface area (Å²) in [4.78, 5) is 10.6. The predicted octanol–water partition coefficient (Wildman–Crippen LogP) is 0.427. The fourth-order valence-electron chi connectivity index (χ4n) is 0.602. The molecule has 0 aromatic rings. The molecule has 72 valence electrons. The van der Waals surface area contributed by atoms with Crippen molar-refractivity contribution in [3.63, 3.8) is 0 Å². The van der Waals surface area contributed by atoms with Crippen molar-refractivity contribution in [2.75, 3.05) is 6.61 Å². The second-order valence-electron chi connectivity index (χ2n) is 3.14. The van der Waals surface area contributed by atoms with Gasteiger partial charge in [-0.2, -0.15) is 0 Å². The van der Waals surface area contributed by atoms with Crippen LogP contribution in [0.15, 0.2) is 0 Å². The second-order valence-corrected chi connectivity index (χ2v) is 3.14. The molecular formula is C8H18N2O2. The fraction of sp³-hybridized carbons (Fsp3) is 0.875. The van der Waals surface area contributed by atoms with Crippen molar-refractivity contribution in [1.29, 1.82) is 0 Å². The van der Waals surface area contributed by atoms with Crippen molar-refractivity contribution >= 4 is 5.91 Å². The lowest BCUT2D eigenvalue weighted by Gasteiger charge is -2.15. The van der Waals surface area contributed by atoms with Gasteiger partial charge in [-0.25, -0.2) is 5.84 Å². The minimum atomic E-state index is -0.189. The number of nitrogens with one attached hydrogen (secondary N) is 1. The summed E-state index contributed by atoms with van der Waals surface area (Å²) in [6.07, 6.45) is 0.517. The number of hydrogen-bond donors (Lipinski definition) is 2. The largest absolute Gasteiger partial charge is 0.378 e. The van der Waals surface area contributed by atoms with Crippen LogP contribution >= 0.6 is 0 Å². The maximum atomic E-state index is 10.6. The third kappa shape index (κ3) is 5.09. The van der Waals surface area contributed by atoms with Crippen LogP contribution in [0.1, 0.15) is 27.2 Å². The summed E-state index contributed by atoms with van der Waals surface area (Å²) in [5.74, 6) is 5.18. The van der Waals surface area contributed by atoms with E-state index in [2.05, 4.69) is 13.8 Å². The van der Waals surface area contributed by atoms with Crippen LogP contribution in [0.2, 0.25) is 0 Å². The topological polar surface area (TPSA) is 64.3 Å². The highest BCUT2D eigenvalue weighted by molar-refractivity contribution is 5.75. The van der Waals surface area contributed by atoms with Gasteiger partial charge in [0.1, 0.15) is 0 Å². The Labute approximate surface area is 73.4 Å². The van der Waals surface area contributed by atoms with Gasteiger partial charge in [0.25, 0.3) is 0 Å². The normalized spacial score (nSPS) is 13.1. The Bertz CT molecular complexity index is 137. The Morgan fingerprint density at radius 2 is 2.08 bits per heavy atom. The lowest BCUT2D eigenvalue weighted by atomic mass is 10.1. The predicted molar refractivity (Wildman–Crippen MR) is 47.2 cm³/mol. The molecule has 0 aliphatic rings. The lowest BCUT2D eigenvalue weighted by molar-refractivity contribution is -0.122. The first-order valence-electron chi connectivity index (χ1n) is 4.19. The molecule has 0 saturated heterocycles. The Hall–Kier alpha value is -0.610. The van der Waals surface area contributed by atoms with Crippen LogP contribution in [0.5, 0.6) is 0 Å². The van der Waals surface area contributed by atoms with E-state index in [1.807, 2.05) is 12.3 Å². The van der Waals surface area contributed by atoms with Gasteiger partial charge in [0.2, 0.25) is 5.91 Å². The standard InChI is InChI=1S/C8H18N2O2/c1-6(2)7(3)12-5-4-8(11)10-9/h6-7H,4-5,9H2,1-3H3,(H,10,11). The molecule has 0 rings (SSSR count). The van der Waals surface area contributed by atoms with E-state index >= 15 is 0 Å². The number of carbonyl (C=O) groups excluding carboxylic acids is 1. The highest BCUT2D eigenvalue weighted by Crippen LogP contribution is 2.04. The summed E-state index contributed by atoms with van der Waals surface area (Å²) in [7, 11) is 0. The van der Waals surface area contributed by atoms with E-state index in [0.29, 0.717) is 18.9 Å². The first-order valence-corrected chi connectivity index (χ1v) is 4.19. The monoisotopic (exact) mass is 174 g/mol. The smallest absolute Gasteiger partial charge is 0.236 e. The van der Waals surface area contributed by atoms with Crippen molar-refractivity contribution < 1.29 is 9.53 Å². The molecule has 4 nitrogen and oxygen atoms in total. The first kappa shape index (κ1) is 11.4. The van der Waals surface area contributed by atoms with E-state index in [0.717, 1.165) is 0 Å². The zero-order chi connectivity index (χ0) is 9.56. The number of carbonyl (C=O) groups is 1. The number of rotatable bonds is 5. The number of hydrogen-bond acceptors (Lipinski definition) is 3. The van der Waals surface area contributed by atoms with Gasteiger partial charge >= 0.3 is 0 Å². The average molecular weight is 174 g/mol. The molecule has 0 bridgehead atoms. The molecule has 0 radical (unpaired) electrons. The second kappa shape index (κ2) is 5.97. The first-order chi connectivity index (χ1) is 5.57. The van der Waals surface area contributed by atoms with E-state index < -0.39 is 0 Å². The minimum absolute atomic E-state index is 0.189. The van der Waals surface area contributed by atoms with Crippen LogP contribution in [-0.4, -0.2) is 18.6 Å². The summed E-state index contributed by atoms with van der Waals surface area (Å²) >= 11 is 0. The Morgan fingerprint density at radius 3 is 2.50 bits per heavy atom. The summed E-state index contributed by atoms with van der Waals surface area (Å²) < 4.78 is 5.36. The molecule has 0 heterocycles. The summed E-state index contributed by atoms with van der Waals surface area (Å²) in [6.45, 7) is 6.58. The summed E-state index contributed by atoms with van der Waals surface area (Å²) in [5.41, 5.74) is 2.05. The number of nitrogens with two attached hydrogens (primary N) is 1. The molecule has 0 aliphatic carbocycles. The molecule has 1 atom stereocenters. The van der Waals surface area contributed by atoms with Crippen LogP contribution in [0.3, 0.4) is 0 Å². The van der Waals surface area contributed by atoms with Crippen molar-refractivity contribution in [2.24, 2.45) is 11.8 Å². The summed E-state index contributed by atoms with van der Waals surface area (Å²) in [6, 6.07) is 0. The molecular weight excluding hydrogens is 156 g/mol. The van der Waals surface area contributed by atoms with E-state index in [4.69, 9.17) is 10.6 Å². The van der Waals surface area contributed by atoms with Gasteiger partial charge in [-0.1, -0.05) is 13.8 Å². The van der Waals surface area contributed by atoms with Crippen LogP contribution in [0.4, 0.5) is 0 Å². The SMILES string of the molecule is CC(C)C(C)OCCC(=O)NN. The molecule has 1 amide bonds. The van der Waals surface area contributed by atoms with Crippen molar-refractivity contribution in [2.45, 2.75) is 33.3 Å². The molecule has 4 heteroatoms. The molecule has 0 aliphatic heterocycles. The Balaban J connectivity index is 3.37. The third-order valence-electron chi connectivity index (χ3n) is 1.81. The fourth-order valence-corrected chi connectivity index (χ4v) is 0.602. The molecule has 0 aromatic heterocycles. The van der Waals surface area contributed by atoms with Gasteiger partial charge in [0.15, 0.2) is 0 Å². The molecule has 0 saturated carbocycles. The molecule has 0 spiro atoms. The highest BCUT2D eigenvalue weighted by atomic mass is 16.5. The molecule has 0 aromatic carbocycles. The molecule has 12 heavy (non-hydrogen) atoms. The minimum Gasteiger partial charge on any atom is -0.378 e. The van der Waals surface area contributed by atoms with Crippen LogP contribution in [-0.2, 0) is 9.53 Å².